The van der Waals surface area contributed by atoms with E-state index in [1.165, 1.54) is 61.8 Å². The Kier molecular flexibility index (Phi) is 9.43. The molecule has 0 fully saturated rings. The van der Waals surface area contributed by atoms with Crippen LogP contribution in [0.15, 0.2) is 90.1 Å². The average Bonchev–Trinajstić information content (AvgIpc) is 2.96. The third kappa shape index (κ3) is 6.20. The van der Waals surface area contributed by atoms with Crippen LogP contribution in [0, 0.1) is 17.0 Å². The maximum absolute atomic E-state index is 14.0. The van der Waals surface area contributed by atoms with Gasteiger partial charge in [0.25, 0.3) is 21.6 Å². The first kappa shape index (κ1) is 30.0. The number of aryl methyl sites for hydroxylation is 1. The van der Waals surface area contributed by atoms with Crippen molar-refractivity contribution in [3.63, 3.8) is 0 Å². The largest absolute Gasteiger partial charge is 0.497 e. The Morgan fingerprint density at radius 1 is 1.07 bits per heavy atom. The number of aromatic nitrogens is 1. The first-order valence-corrected chi connectivity index (χ1v) is 13.0. The lowest BCUT2D eigenvalue weighted by atomic mass is 9.97. The van der Waals surface area contributed by atoms with Crippen molar-refractivity contribution in [3.8, 4) is 16.9 Å². The molecule has 2 N–H and O–H groups in total. The number of benzene rings is 3. The minimum Gasteiger partial charge on any atom is -0.497 e. The van der Waals surface area contributed by atoms with E-state index < -0.39 is 20.9 Å². The Balaban J connectivity index is 0.00000441. The summed E-state index contributed by atoms with van der Waals surface area (Å²) in [4.78, 5) is 27.7. The van der Waals surface area contributed by atoms with E-state index in [4.69, 9.17) is 4.74 Å². The van der Waals surface area contributed by atoms with Gasteiger partial charge in [-0.1, -0.05) is 18.2 Å². The Hall–Kier alpha value is -4.52. The third-order valence-corrected chi connectivity index (χ3v) is 7.74. The van der Waals surface area contributed by atoms with Gasteiger partial charge in [0, 0.05) is 24.5 Å². The van der Waals surface area contributed by atoms with Gasteiger partial charge < -0.3 is 4.74 Å². The Bertz CT molecular complexity index is 1630. The molecule has 40 heavy (non-hydrogen) atoms. The van der Waals surface area contributed by atoms with Crippen molar-refractivity contribution in [2.75, 3.05) is 11.4 Å². The van der Waals surface area contributed by atoms with Gasteiger partial charge in [-0.2, -0.15) is 0 Å². The summed E-state index contributed by atoms with van der Waals surface area (Å²) in [7, 11) is -2.80. The smallest absolute Gasteiger partial charge is 0.276 e. The summed E-state index contributed by atoms with van der Waals surface area (Å²) in [6.45, 7) is 1.44. The molecule has 0 aliphatic rings. The fourth-order valence-electron chi connectivity index (χ4n) is 4.13. The van der Waals surface area contributed by atoms with Gasteiger partial charge in [0.05, 0.1) is 34.7 Å². The van der Waals surface area contributed by atoms with Crippen molar-refractivity contribution in [3.05, 3.63) is 112 Å². The number of hydrogen-bond acceptors (Lipinski definition) is 8. The van der Waals surface area contributed by atoms with E-state index >= 15 is 0 Å². The molecule has 0 aliphatic heterocycles. The van der Waals surface area contributed by atoms with Crippen molar-refractivity contribution in [2.45, 2.75) is 18.4 Å². The van der Waals surface area contributed by atoms with Crippen LogP contribution in [-0.2, 0) is 16.6 Å². The number of carbonyl (C=O) groups is 1. The second kappa shape index (κ2) is 12.6. The number of nitro groups is 1. The molecule has 0 saturated carbocycles. The first-order valence-electron chi connectivity index (χ1n) is 11.6. The van der Waals surface area contributed by atoms with Crippen molar-refractivity contribution in [1.82, 2.24) is 10.5 Å². The number of nitrogens with zero attached hydrogens (tertiary/aromatic N) is 3. The van der Waals surface area contributed by atoms with Crippen LogP contribution in [-0.4, -0.2) is 36.5 Å². The van der Waals surface area contributed by atoms with E-state index in [1.54, 1.807) is 42.9 Å². The number of nitrogens with one attached hydrogen (secondary N) is 1. The van der Waals surface area contributed by atoms with Gasteiger partial charge in [0.1, 0.15) is 5.75 Å². The van der Waals surface area contributed by atoms with Crippen LogP contribution in [0.3, 0.4) is 0 Å². The number of hydrogen-bond donors (Lipinski definition) is 2. The summed E-state index contributed by atoms with van der Waals surface area (Å²) >= 11 is 0. The highest BCUT2D eigenvalue weighted by atomic mass is 35.5. The van der Waals surface area contributed by atoms with Crippen LogP contribution < -0.4 is 14.5 Å². The monoisotopic (exact) mass is 584 g/mol. The number of pyridine rings is 1. The maximum Gasteiger partial charge on any atom is 0.276 e. The highest BCUT2D eigenvalue weighted by molar-refractivity contribution is 7.92. The fraction of sp³-hybridized carbons (Fsp3) is 0.111. The number of rotatable bonds is 9. The summed E-state index contributed by atoms with van der Waals surface area (Å²) in [6, 6.07) is 18.0. The molecule has 4 rings (SSSR count). The number of nitro benzene ring substituents is 1. The Morgan fingerprint density at radius 2 is 1.80 bits per heavy atom. The number of hydroxylamine groups is 1. The molecule has 0 radical (unpaired) electrons. The highest BCUT2D eigenvalue weighted by Crippen LogP contribution is 2.36. The van der Waals surface area contributed by atoms with Crippen molar-refractivity contribution >= 4 is 39.7 Å². The predicted molar refractivity (Wildman–Crippen MR) is 150 cm³/mol. The molecule has 1 aromatic heterocycles. The molecule has 0 bridgehead atoms. The number of amides is 1. The van der Waals surface area contributed by atoms with Crippen LogP contribution in [0.4, 0.5) is 11.4 Å². The van der Waals surface area contributed by atoms with Gasteiger partial charge in [0.2, 0.25) is 0 Å². The molecule has 11 nitrogen and oxygen atoms in total. The molecule has 0 saturated heterocycles. The van der Waals surface area contributed by atoms with Crippen LogP contribution in [0.5, 0.6) is 5.75 Å². The summed E-state index contributed by atoms with van der Waals surface area (Å²) in [5, 5.41) is 20.8. The number of anilines is 1. The van der Waals surface area contributed by atoms with E-state index in [1.807, 2.05) is 0 Å². The van der Waals surface area contributed by atoms with E-state index in [2.05, 4.69) is 4.98 Å². The molecule has 0 unspecified atom stereocenters. The predicted octanol–water partition coefficient (Wildman–Crippen LogP) is 4.91. The molecular weight excluding hydrogens is 560 g/mol. The Morgan fingerprint density at radius 3 is 2.40 bits per heavy atom. The van der Waals surface area contributed by atoms with Gasteiger partial charge in [-0.25, -0.2) is 13.9 Å². The lowest BCUT2D eigenvalue weighted by Gasteiger charge is -2.28. The summed E-state index contributed by atoms with van der Waals surface area (Å²) in [5.41, 5.74) is 3.08. The number of ether oxygens (including phenoxy) is 1. The zero-order valence-corrected chi connectivity index (χ0v) is 23.0. The van der Waals surface area contributed by atoms with Crippen molar-refractivity contribution in [1.29, 1.82) is 0 Å². The van der Waals surface area contributed by atoms with Crippen LogP contribution >= 0.6 is 12.4 Å². The fourth-order valence-corrected chi connectivity index (χ4v) is 5.66. The van der Waals surface area contributed by atoms with Crippen LogP contribution in [0.1, 0.15) is 21.5 Å². The molecule has 0 spiro atoms. The molecule has 3 aromatic carbocycles. The zero-order valence-electron chi connectivity index (χ0n) is 21.3. The molecule has 13 heteroatoms. The molecule has 0 atom stereocenters. The molecular formula is C27H25ClN4O7S. The van der Waals surface area contributed by atoms with E-state index in [0.717, 1.165) is 4.31 Å². The number of methoxy groups -OCH3 is 1. The summed E-state index contributed by atoms with van der Waals surface area (Å²) in [5.74, 6) is -0.493. The van der Waals surface area contributed by atoms with Crippen LogP contribution in [0.25, 0.3) is 11.1 Å². The molecule has 4 aromatic rings. The standard InChI is InChI=1S/C27H24N4O7S.ClH/c1-18-13-21(20-6-3-7-22(14-20)31(34)35)15-25(27(32)29-33)26(18)30(17-19-5-4-12-28-16-19)39(36,37)24-10-8-23(38-2)9-11-24;/h3-16,33H,17H2,1-2H3,(H,29,32);1H. The second-order valence-corrected chi connectivity index (χ2v) is 10.3. The molecule has 0 aliphatic carbocycles. The topological polar surface area (TPSA) is 152 Å². The van der Waals surface area contributed by atoms with E-state index in [9.17, 15) is 28.5 Å². The van der Waals surface area contributed by atoms with Gasteiger partial charge >= 0.3 is 0 Å². The molecule has 1 amide bonds. The molecule has 208 valence electrons. The van der Waals surface area contributed by atoms with Gasteiger partial charge in [-0.15, -0.1) is 12.4 Å². The lowest BCUT2D eigenvalue weighted by Crippen LogP contribution is -2.34. The number of sulfonamides is 1. The summed E-state index contributed by atoms with van der Waals surface area (Å²) in [6.07, 6.45) is 3.06. The average molecular weight is 585 g/mol. The highest BCUT2D eigenvalue weighted by Gasteiger charge is 2.31. The normalized spacial score (nSPS) is 10.8. The zero-order chi connectivity index (χ0) is 28.2. The van der Waals surface area contributed by atoms with Crippen molar-refractivity contribution < 1.29 is 28.1 Å². The van der Waals surface area contributed by atoms with Gasteiger partial charge in [-0.3, -0.25) is 29.4 Å². The van der Waals surface area contributed by atoms with E-state index in [-0.39, 0.29) is 40.8 Å². The number of carbonyl (C=O) groups excluding carboxylic acids is 1. The minimum absolute atomic E-state index is 0. The quantitative estimate of drug-likeness (QED) is 0.160. The number of non-ortho nitro benzene ring substituents is 1. The first-order chi connectivity index (χ1) is 18.6. The van der Waals surface area contributed by atoms with Gasteiger partial charge in [0.15, 0.2) is 0 Å². The Labute approximate surface area is 236 Å². The third-order valence-electron chi connectivity index (χ3n) is 5.98. The second-order valence-electron chi connectivity index (χ2n) is 8.49. The van der Waals surface area contributed by atoms with Crippen molar-refractivity contribution in [2.24, 2.45) is 0 Å². The summed E-state index contributed by atoms with van der Waals surface area (Å²) < 4.78 is 34.3. The molecule has 1 heterocycles. The SMILES string of the molecule is COc1ccc(S(=O)(=O)N(Cc2cccnc2)c2c(C)cc(-c3cccc([N+](=O)[O-])c3)cc2C(=O)NO)cc1.Cl. The lowest BCUT2D eigenvalue weighted by molar-refractivity contribution is -0.384. The van der Waals surface area contributed by atoms with E-state index in [0.29, 0.717) is 28.0 Å². The van der Waals surface area contributed by atoms with Gasteiger partial charge in [-0.05, 0) is 71.6 Å². The maximum atomic E-state index is 14.0. The van der Waals surface area contributed by atoms with Crippen LogP contribution in [0.2, 0.25) is 0 Å². The minimum atomic E-state index is -4.26. The number of halogens is 1.